The normalized spacial score (nSPS) is 11.4. The number of aromatic nitrogens is 2. The number of hydrogen-bond acceptors (Lipinski definition) is 6. The highest BCUT2D eigenvalue weighted by molar-refractivity contribution is 14.1. The molecule has 8 heteroatoms. The molecule has 1 heterocycles. The fraction of sp³-hybridized carbons (Fsp3) is 0.229. The second-order valence-corrected chi connectivity index (χ2v) is 11.6. The van der Waals surface area contributed by atoms with Crippen LogP contribution in [0.5, 0.6) is 17.2 Å². The number of methoxy groups -OCH3 is 1. The summed E-state index contributed by atoms with van der Waals surface area (Å²) >= 11 is 2.24. The molecule has 0 aliphatic carbocycles. The zero-order valence-corrected chi connectivity index (χ0v) is 27.1. The Balaban J connectivity index is 1.61. The Hall–Kier alpha value is -4.18. The number of nitrogens with zero attached hydrogens (tertiary/aromatic N) is 3. The van der Waals surface area contributed by atoms with E-state index in [-0.39, 0.29) is 11.5 Å². The van der Waals surface area contributed by atoms with Gasteiger partial charge in [0.25, 0.3) is 5.56 Å². The number of rotatable bonds is 10. The van der Waals surface area contributed by atoms with Gasteiger partial charge in [0.2, 0.25) is 0 Å². The fourth-order valence-corrected chi connectivity index (χ4v) is 5.67. The third kappa shape index (κ3) is 6.59. The maximum absolute atomic E-state index is 13.8. The molecule has 4 aromatic carbocycles. The second kappa shape index (κ2) is 13.4. The molecule has 0 bridgehead atoms. The van der Waals surface area contributed by atoms with Crippen molar-refractivity contribution in [2.24, 2.45) is 5.10 Å². The molecule has 7 nitrogen and oxygen atoms in total. The Bertz CT molecular complexity index is 1850. The number of ether oxygens (including phenoxy) is 3. The standard InChI is InChI=1S/C35H34IN3O4/c1-6-42-32-18-25(17-29(36)33(32)43-21-24-12-8-7-9-13-24)20-37-39-34(38-30-15-11-10-14-26(30)35(39)40)28-19-27(22(2)3)31(41-5)16-23(28)4/h7-20,22H,6,21H2,1-5H3. The van der Waals surface area contributed by atoms with Crippen molar-refractivity contribution >= 4 is 39.7 Å². The van der Waals surface area contributed by atoms with Crippen LogP contribution in [-0.4, -0.2) is 29.6 Å². The molecule has 5 rings (SSSR count). The van der Waals surface area contributed by atoms with Crippen molar-refractivity contribution in [2.45, 2.75) is 40.2 Å². The molecule has 220 valence electrons. The van der Waals surface area contributed by atoms with E-state index in [0.717, 1.165) is 37.1 Å². The maximum atomic E-state index is 13.8. The van der Waals surface area contributed by atoms with Crippen molar-refractivity contribution in [3.8, 4) is 28.6 Å². The van der Waals surface area contributed by atoms with Gasteiger partial charge in [-0.1, -0.05) is 56.3 Å². The average molecular weight is 688 g/mol. The lowest BCUT2D eigenvalue weighted by Gasteiger charge is -2.17. The molecule has 43 heavy (non-hydrogen) atoms. The molecule has 0 saturated heterocycles. The van der Waals surface area contributed by atoms with Crippen molar-refractivity contribution in [3.63, 3.8) is 0 Å². The molecule has 0 atom stereocenters. The molecular formula is C35H34IN3O4. The molecule has 0 aliphatic rings. The van der Waals surface area contributed by atoms with E-state index in [1.54, 1.807) is 19.4 Å². The number of aryl methyl sites for hydroxylation is 1. The van der Waals surface area contributed by atoms with Crippen LogP contribution in [0, 0.1) is 10.5 Å². The highest BCUT2D eigenvalue weighted by Gasteiger charge is 2.19. The summed E-state index contributed by atoms with van der Waals surface area (Å²) < 4.78 is 20.1. The van der Waals surface area contributed by atoms with E-state index in [1.165, 1.54) is 4.68 Å². The van der Waals surface area contributed by atoms with E-state index in [9.17, 15) is 4.79 Å². The van der Waals surface area contributed by atoms with E-state index < -0.39 is 0 Å². The van der Waals surface area contributed by atoms with Gasteiger partial charge < -0.3 is 14.2 Å². The van der Waals surface area contributed by atoms with Crippen LogP contribution in [-0.2, 0) is 6.61 Å². The van der Waals surface area contributed by atoms with E-state index in [1.807, 2.05) is 80.6 Å². The van der Waals surface area contributed by atoms with E-state index in [4.69, 9.17) is 24.3 Å². The molecule has 0 saturated carbocycles. The van der Waals surface area contributed by atoms with Crippen molar-refractivity contribution in [2.75, 3.05) is 13.7 Å². The number of para-hydroxylation sites is 1. The molecule has 0 fully saturated rings. The van der Waals surface area contributed by atoms with Crippen LogP contribution in [0.3, 0.4) is 0 Å². The van der Waals surface area contributed by atoms with Crippen LogP contribution in [0.4, 0.5) is 0 Å². The summed E-state index contributed by atoms with van der Waals surface area (Å²) in [6.07, 6.45) is 1.66. The van der Waals surface area contributed by atoms with E-state index in [0.29, 0.717) is 41.4 Å². The van der Waals surface area contributed by atoms with Gasteiger partial charge >= 0.3 is 0 Å². The van der Waals surface area contributed by atoms with Crippen LogP contribution < -0.4 is 19.8 Å². The minimum Gasteiger partial charge on any atom is -0.496 e. The van der Waals surface area contributed by atoms with E-state index >= 15 is 0 Å². The SMILES string of the molecule is CCOc1cc(C=Nn2c(-c3cc(C(C)C)c(OC)cc3C)nc3ccccc3c2=O)cc(I)c1OCc1ccccc1. The predicted molar refractivity (Wildman–Crippen MR) is 181 cm³/mol. The Kier molecular flexibility index (Phi) is 9.45. The maximum Gasteiger partial charge on any atom is 0.282 e. The second-order valence-electron chi connectivity index (χ2n) is 10.4. The summed E-state index contributed by atoms with van der Waals surface area (Å²) in [4.78, 5) is 18.8. The zero-order chi connectivity index (χ0) is 30.5. The minimum atomic E-state index is -0.249. The van der Waals surface area contributed by atoms with Gasteiger partial charge in [0, 0.05) is 5.56 Å². The number of halogens is 1. The number of benzene rings is 4. The van der Waals surface area contributed by atoms with Crippen LogP contribution in [0.1, 0.15) is 48.9 Å². The lowest BCUT2D eigenvalue weighted by atomic mass is 9.96. The van der Waals surface area contributed by atoms with Gasteiger partial charge in [-0.2, -0.15) is 9.78 Å². The monoisotopic (exact) mass is 687 g/mol. The molecule has 0 unspecified atom stereocenters. The molecule has 0 spiro atoms. The van der Waals surface area contributed by atoms with Gasteiger partial charge in [0.15, 0.2) is 17.3 Å². The minimum absolute atomic E-state index is 0.208. The molecule has 0 amide bonds. The first-order valence-electron chi connectivity index (χ1n) is 14.2. The number of hydrogen-bond donors (Lipinski definition) is 0. The van der Waals surface area contributed by atoms with Crippen LogP contribution in [0.2, 0.25) is 0 Å². The summed E-state index contributed by atoms with van der Waals surface area (Å²) in [5, 5.41) is 5.21. The average Bonchev–Trinajstić information content (AvgIpc) is 3.00. The Labute approximate surface area is 265 Å². The van der Waals surface area contributed by atoms with Gasteiger partial charge in [0.1, 0.15) is 12.4 Å². The quantitative estimate of drug-likeness (QED) is 0.110. The van der Waals surface area contributed by atoms with Crippen LogP contribution >= 0.6 is 22.6 Å². The Morgan fingerprint density at radius 1 is 0.977 bits per heavy atom. The van der Waals surface area contributed by atoms with Crippen molar-refractivity contribution in [1.82, 2.24) is 9.66 Å². The van der Waals surface area contributed by atoms with Gasteiger partial charge in [-0.3, -0.25) is 4.79 Å². The van der Waals surface area contributed by atoms with Crippen molar-refractivity contribution in [3.05, 3.63) is 115 Å². The van der Waals surface area contributed by atoms with Gasteiger partial charge in [-0.15, -0.1) is 0 Å². The summed E-state index contributed by atoms with van der Waals surface area (Å²) in [6, 6.07) is 25.2. The third-order valence-electron chi connectivity index (χ3n) is 7.07. The van der Waals surface area contributed by atoms with Gasteiger partial charge in [-0.05, 0) is 101 Å². The molecule has 5 aromatic rings. The summed E-state index contributed by atoms with van der Waals surface area (Å²) in [6.45, 7) is 9.05. The first-order chi connectivity index (χ1) is 20.8. The summed E-state index contributed by atoms with van der Waals surface area (Å²) in [5.41, 5.74) is 4.98. The zero-order valence-electron chi connectivity index (χ0n) is 24.9. The highest BCUT2D eigenvalue weighted by atomic mass is 127. The lowest BCUT2D eigenvalue weighted by Crippen LogP contribution is -2.21. The smallest absolute Gasteiger partial charge is 0.282 e. The largest absolute Gasteiger partial charge is 0.496 e. The fourth-order valence-electron chi connectivity index (χ4n) is 4.89. The first-order valence-corrected chi connectivity index (χ1v) is 15.3. The van der Waals surface area contributed by atoms with Gasteiger partial charge in [-0.25, -0.2) is 4.98 Å². The molecule has 1 aromatic heterocycles. The lowest BCUT2D eigenvalue weighted by molar-refractivity contribution is 0.267. The topological polar surface area (TPSA) is 74.9 Å². The third-order valence-corrected chi connectivity index (χ3v) is 7.87. The van der Waals surface area contributed by atoms with Gasteiger partial charge in [0.05, 0.1) is 34.4 Å². The molecular weight excluding hydrogens is 653 g/mol. The molecule has 0 aliphatic heterocycles. The Morgan fingerprint density at radius 3 is 2.44 bits per heavy atom. The number of fused-ring (bicyclic) bond motifs is 1. The van der Waals surface area contributed by atoms with Crippen LogP contribution in [0.15, 0.2) is 88.8 Å². The Morgan fingerprint density at radius 2 is 1.72 bits per heavy atom. The predicted octanol–water partition coefficient (Wildman–Crippen LogP) is 7.97. The highest BCUT2D eigenvalue weighted by Crippen LogP contribution is 2.36. The molecule has 0 radical (unpaired) electrons. The summed E-state index contributed by atoms with van der Waals surface area (Å²) in [5.74, 6) is 2.76. The van der Waals surface area contributed by atoms with Crippen molar-refractivity contribution < 1.29 is 14.2 Å². The molecule has 0 N–H and O–H groups in total. The van der Waals surface area contributed by atoms with Crippen molar-refractivity contribution in [1.29, 1.82) is 0 Å². The van der Waals surface area contributed by atoms with E-state index in [2.05, 4.69) is 42.5 Å². The summed E-state index contributed by atoms with van der Waals surface area (Å²) in [7, 11) is 1.67. The first kappa shape index (κ1) is 30.3. The van der Waals surface area contributed by atoms with Crippen LogP contribution in [0.25, 0.3) is 22.3 Å².